The molecule has 1 fully saturated rings. The lowest BCUT2D eigenvalue weighted by Crippen LogP contribution is -2.64. The van der Waals surface area contributed by atoms with Gasteiger partial charge in [0.05, 0.1) is 0 Å². The molecule has 0 spiro atoms. The minimum atomic E-state index is 0.411. The molecule has 1 saturated heterocycles. The van der Waals surface area contributed by atoms with Gasteiger partial charge in [0.15, 0.2) is 0 Å². The SMILES string of the molecule is CNC1(C)CN(C)C1. The molecular formula is C6H14N2. The highest BCUT2D eigenvalue weighted by molar-refractivity contribution is 4.96. The van der Waals surface area contributed by atoms with Crippen LogP contribution in [-0.4, -0.2) is 37.6 Å². The lowest BCUT2D eigenvalue weighted by atomic mass is 9.94. The van der Waals surface area contributed by atoms with Crippen LogP contribution in [-0.2, 0) is 0 Å². The van der Waals surface area contributed by atoms with Crippen molar-refractivity contribution in [2.45, 2.75) is 12.5 Å². The Bertz CT molecular complexity index is 84.5. The Hall–Kier alpha value is -0.0800. The summed E-state index contributed by atoms with van der Waals surface area (Å²) < 4.78 is 0. The highest BCUT2D eigenvalue weighted by Gasteiger charge is 2.34. The molecule has 1 heterocycles. The number of likely N-dealkylation sites (tertiary alicyclic amines) is 1. The zero-order valence-corrected chi connectivity index (χ0v) is 5.86. The van der Waals surface area contributed by atoms with E-state index in [9.17, 15) is 0 Å². The van der Waals surface area contributed by atoms with Crippen molar-refractivity contribution < 1.29 is 0 Å². The van der Waals surface area contributed by atoms with E-state index < -0.39 is 0 Å². The summed E-state index contributed by atoms with van der Waals surface area (Å²) in [4.78, 5) is 2.30. The van der Waals surface area contributed by atoms with Crippen LogP contribution in [0.25, 0.3) is 0 Å². The molecule has 0 bridgehead atoms. The number of hydrogen-bond acceptors (Lipinski definition) is 2. The van der Waals surface area contributed by atoms with Crippen LogP contribution >= 0.6 is 0 Å². The fourth-order valence-electron chi connectivity index (χ4n) is 1.30. The number of hydrogen-bond donors (Lipinski definition) is 1. The largest absolute Gasteiger partial charge is 0.312 e. The maximum Gasteiger partial charge on any atom is 0.0406 e. The summed E-state index contributed by atoms with van der Waals surface area (Å²) in [5.74, 6) is 0. The van der Waals surface area contributed by atoms with E-state index in [1.807, 2.05) is 7.05 Å². The first-order chi connectivity index (χ1) is 3.66. The third-order valence-corrected chi connectivity index (χ3v) is 1.84. The molecule has 0 atom stereocenters. The van der Waals surface area contributed by atoms with Gasteiger partial charge in [-0.25, -0.2) is 0 Å². The molecule has 0 saturated carbocycles. The van der Waals surface area contributed by atoms with Crippen LogP contribution in [0.15, 0.2) is 0 Å². The van der Waals surface area contributed by atoms with Crippen LogP contribution in [0.1, 0.15) is 6.92 Å². The van der Waals surface area contributed by atoms with Gasteiger partial charge in [-0.2, -0.15) is 0 Å². The van der Waals surface area contributed by atoms with Crippen molar-refractivity contribution in [3.05, 3.63) is 0 Å². The van der Waals surface area contributed by atoms with E-state index in [0.29, 0.717) is 5.54 Å². The Morgan fingerprint density at radius 1 is 1.50 bits per heavy atom. The summed E-state index contributed by atoms with van der Waals surface area (Å²) in [5, 5.41) is 3.27. The molecule has 0 aliphatic carbocycles. The van der Waals surface area contributed by atoms with Gasteiger partial charge >= 0.3 is 0 Å². The number of likely N-dealkylation sites (N-methyl/N-ethyl adjacent to an activating group) is 2. The van der Waals surface area contributed by atoms with E-state index in [4.69, 9.17) is 0 Å². The van der Waals surface area contributed by atoms with E-state index in [1.54, 1.807) is 0 Å². The summed E-state index contributed by atoms with van der Waals surface area (Å²) >= 11 is 0. The summed E-state index contributed by atoms with van der Waals surface area (Å²) in [6.45, 7) is 4.61. The van der Waals surface area contributed by atoms with Gasteiger partial charge in [-0.15, -0.1) is 0 Å². The van der Waals surface area contributed by atoms with Crippen LogP contribution in [0, 0.1) is 0 Å². The Balaban J connectivity index is 2.30. The number of nitrogens with one attached hydrogen (secondary N) is 1. The van der Waals surface area contributed by atoms with Gasteiger partial charge in [0.25, 0.3) is 0 Å². The van der Waals surface area contributed by atoms with Gasteiger partial charge in [-0.3, -0.25) is 0 Å². The zero-order valence-electron chi connectivity index (χ0n) is 5.86. The molecule has 0 aromatic rings. The van der Waals surface area contributed by atoms with Gasteiger partial charge in [-0.1, -0.05) is 0 Å². The zero-order chi connectivity index (χ0) is 6.20. The van der Waals surface area contributed by atoms with Crippen LogP contribution in [0.2, 0.25) is 0 Å². The Labute approximate surface area is 50.9 Å². The van der Waals surface area contributed by atoms with Crippen LogP contribution in [0.4, 0.5) is 0 Å². The summed E-state index contributed by atoms with van der Waals surface area (Å²) in [7, 11) is 4.16. The second kappa shape index (κ2) is 1.71. The van der Waals surface area contributed by atoms with Gasteiger partial charge < -0.3 is 10.2 Å². The van der Waals surface area contributed by atoms with Crippen molar-refractivity contribution in [1.82, 2.24) is 10.2 Å². The lowest BCUT2D eigenvalue weighted by Gasteiger charge is -2.46. The Morgan fingerprint density at radius 2 is 2.00 bits per heavy atom. The molecule has 8 heavy (non-hydrogen) atoms. The average Bonchev–Trinajstić information content (AvgIpc) is 1.63. The predicted octanol–water partition coefficient (Wildman–Crippen LogP) is -0.0901. The molecule has 1 aliphatic rings. The lowest BCUT2D eigenvalue weighted by molar-refractivity contribution is 0.0879. The molecular weight excluding hydrogens is 100 g/mol. The first-order valence-electron chi connectivity index (χ1n) is 3.04. The van der Waals surface area contributed by atoms with Crippen molar-refractivity contribution in [2.24, 2.45) is 0 Å². The smallest absolute Gasteiger partial charge is 0.0406 e. The van der Waals surface area contributed by atoms with Crippen LogP contribution < -0.4 is 5.32 Å². The van der Waals surface area contributed by atoms with Gasteiger partial charge in [0.1, 0.15) is 0 Å². The molecule has 0 radical (unpaired) electrons. The standard InChI is InChI=1S/C6H14N2/c1-6(7-2)4-8(3)5-6/h7H,4-5H2,1-3H3. The minimum Gasteiger partial charge on any atom is -0.312 e. The maximum atomic E-state index is 3.27. The summed E-state index contributed by atoms with van der Waals surface area (Å²) in [6, 6.07) is 0. The normalized spacial score (nSPS) is 27.4. The molecule has 0 amide bonds. The minimum absolute atomic E-state index is 0.411. The number of rotatable bonds is 1. The third-order valence-electron chi connectivity index (χ3n) is 1.84. The predicted molar refractivity (Wildman–Crippen MR) is 35.0 cm³/mol. The van der Waals surface area contributed by atoms with E-state index in [2.05, 4.69) is 24.2 Å². The van der Waals surface area contributed by atoms with Gasteiger partial charge in [0.2, 0.25) is 0 Å². The molecule has 1 aliphatic heterocycles. The van der Waals surface area contributed by atoms with E-state index in [1.165, 1.54) is 13.1 Å². The molecule has 1 rings (SSSR count). The molecule has 0 unspecified atom stereocenters. The topological polar surface area (TPSA) is 15.3 Å². The van der Waals surface area contributed by atoms with E-state index >= 15 is 0 Å². The van der Waals surface area contributed by atoms with E-state index in [0.717, 1.165) is 0 Å². The highest BCUT2D eigenvalue weighted by Crippen LogP contribution is 2.16. The Kier molecular flexibility index (Phi) is 1.29. The fraction of sp³-hybridized carbons (Fsp3) is 1.00. The van der Waals surface area contributed by atoms with Gasteiger partial charge in [-0.05, 0) is 21.0 Å². The second-order valence-electron chi connectivity index (χ2n) is 2.98. The molecule has 0 aromatic carbocycles. The second-order valence-corrected chi connectivity index (χ2v) is 2.98. The summed E-state index contributed by atoms with van der Waals surface area (Å²) in [5.41, 5.74) is 0.411. The molecule has 1 N–H and O–H groups in total. The molecule has 0 aromatic heterocycles. The number of nitrogens with zero attached hydrogens (tertiary/aromatic N) is 1. The fourth-order valence-corrected chi connectivity index (χ4v) is 1.30. The first-order valence-corrected chi connectivity index (χ1v) is 3.04. The molecule has 48 valence electrons. The van der Waals surface area contributed by atoms with Crippen molar-refractivity contribution in [2.75, 3.05) is 27.2 Å². The third kappa shape index (κ3) is 0.858. The van der Waals surface area contributed by atoms with Crippen LogP contribution in [0.5, 0.6) is 0 Å². The van der Waals surface area contributed by atoms with Gasteiger partial charge in [0, 0.05) is 18.6 Å². The quantitative estimate of drug-likeness (QED) is 0.512. The first kappa shape index (κ1) is 6.05. The van der Waals surface area contributed by atoms with Crippen molar-refractivity contribution in [3.8, 4) is 0 Å². The Morgan fingerprint density at radius 3 is 2.12 bits per heavy atom. The summed E-state index contributed by atoms with van der Waals surface area (Å²) in [6.07, 6.45) is 0. The van der Waals surface area contributed by atoms with Crippen molar-refractivity contribution in [3.63, 3.8) is 0 Å². The highest BCUT2D eigenvalue weighted by atomic mass is 15.2. The average molecular weight is 114 g/mol. The van der Waals surface area contributed by atoms with Crippen molar-refractivity contribution >= 4 is 0 Å². The van der Waals surface area contributed by atoms with Crippen LogP contribution in [0.3, 0.4) is 0 Å². The molecule has 2 heteroatoms. The molecule has 2 nitrogen and oxygen atoms in total. The maximum absolute atomic E-state index is 3.27. The monoisotopic (exact) mass is 114 g/mol. The van der Waals surface area contributed by atoms with Crippen molar-refractivity contribution in [1.29, 1.82) is 0 Å². The van der Waals surface area contributed by atoms with E-state index in [-0.39, 0.29) is 0 Å².